The zero-order chi connectivity index (χ0) is 14.0. The van der Waals surface area contributed by atoms with Crippen LogP contribution in [0.25, 0.3) is 0 Å². The van der Waals surface area contributed by atoms with E-state index in [4.69, 9.17) is 10.5 Å². The molecule has 104 valence electrons. The minimum atomic E-state index is -0.472. The van der Waals surface area contributed by atoms with Crippen LogP contribution in [0.15, 0.2) is 6.20 Å². The van der Waals surface area contributed by atoms with Gasteiger partial charge in [-0.3, -0.25) is 0 Å². The van der Waals surface area contributed by atoms with Gasteiger partial charge in [0.2, 0.25) is 5.95 Å². The molecule has 2 heterocycles. The van der Waals surface area contributed by atoms with Crippen molar-refractivity contribution < 1.29 is 9.53 Å². The van der Waals surface area contributed by atoms with E-state index >= 15 is 0 Å². The van der Waals surface area contributed by atoms with Crippen LogP contribution in [0.3, 0.4) is 0 Å². The van der Waals surface area contributed by atoms with Crippen LogP contribution in [-0.4, -0.2) is 39.7 Å². The third kappa shape index (κ3) is 3.56. The van der Waals surface area contributed by atoms with E-state index in [0.717, 1.165) is 17.7 Å². The number of fused-ring (bicyclic) bond motifs is 1. The summed E-state index contributed by atoms with van der Waals surface area (Å²) in [7, 11) is 0. The summed E-state index contributed by atoms with van der Waals surface area (Å²) in [5, 5.41) is 0. The van der Waals surface area contributed by atoms with E-state index in [1.165, 1.54) is 0 Å². The Bertz CT molecular complexity index is 482. The third-order valence-corrected chi connectivity index (χ3v) is 2.89. The highest BCUT2D eigenvalue weighted by Crippen LogP contribution is 2.16. The first-order valence-corrected chi connectivity index (χ1v) is 6.43. The molecular weight excluding hydrogens is 244 g/mol. The predicted octanol–water partition coefficient (Wildman–Crippen LogP) is 1.39. The van der Waals surface area contributed by atoms with Gasteiger partial charge in [0.05, 0.1) is 5.69 Å². The third-order valence-electron chi connectivity index (χ3n) is 2.89. The highest BCUT2D eigenvalue weighted by molar-refractivity contribution is 5.68. The van der Waals surface area contributed by atoms with E-state index in [2.05, 4.69) is 9.97 Å². The van der Waals surface area contributed by atoms with Gasteiger partial charge < -0.3 is 15.4 Å². The number of nitrogens with two attached hydrogens (primary N) is 1. The summed E-state index contributed by atoms with van der Waals surface area (Å²) in [4.78, 5) is 22.0. The monoisotopic (exact) mass is 264 g/mol. The van der Waals surface area contributed by atoms with E-state index in [-0.39, 0.29) is 12.0 Å². The van der Waals surface area contributed by atoms with Gasteiger partial charge in [0.15, 0.2) is 0 Å². The summed E-state index contributed by atoms with van der Waals surface area (Å²) < 4.78 is 5.38. The van der Waals surface area contributed by atoms with Crippen LogP contribution in [0.2, 0.25) is 0 Å². The Morgan fingerprint density at radius 2 is 2.05 bits per heavy atom. The number of rotatable bonds is 0. The number of aromatic nitrogens is 2. The lowest BCUT2D eigenvalue weighted by molar-refractivity contribution is 0.0258. The number of hydrogen-bond acceptors (Lipinski definition) is 5. The van der Waals surface area contributed by atoms with Crippen molar-refractivity contribution in [2.24, 2.45) is 0 Å². The van der Waals surface area contributed by atoms with Crippen molar-refractivity contribution in [3.05, 3.63) is 17.5 Å². The molecule has 0 bridgehead atoms. The lowest BCUT2D eigenvalue weighted by atomic mass is 10.1. The zero-order valence-electron chi connectivity index (χ0n) is 11.6. The first-order valence-electron chi connectivity index (χ1n) is 6.43. The number of anilines is 1. The Morgan fingerprint density at radius 3 is 2.74 bits per heavy atom. The lowest BCUT2D eigenvalue weighted by Gasteiger charge is -2.26. The van der Waals surface area contributed by atoms with Crippen LogP contribution in [0.1, 0.15) is 32.0 Å². The largest absolute Gasteiger partial charge is 0.444 e. The fourth-order valence-electron chi connectivity index (χ4n) is 2.00. The highest BCUT2D eigenvalue weighted by Gasteiger charge is 2.24. The molecule has 0 fully saturated rings. The van der Waals surface area contributed by atoms with Crippen molar-refractivity contribution >= 4 is 12.0 Å². The molecule has 1 aliphatic rings. The smallest absolute Gasteiger partial charge is 0.410 e. The highest BCUT2D eigenvalue weighted by atomic mass is 16.6. The van der Waals surface area contributed by atoms with Crippen LogP contribution in [0.4, 0.5) is 10.7 Å². The second kappa shape index (κ2) is 5.03. The maximum atomic E-state index is 12.0. The number of ether oxygens (including phenoxy) is 1. The number of carbonyl (C=O) groups excluding carboxylic acids is 1. The first kappa shape index (κ1) is 13.6. The second-order valence-corrected chi connectivity index (χ2v) is 5.67. The van der Waals surface area contributed by atoms with E-state index in [1.54, 1.807) is 11.1 Å². The van der Waals surface area contributed by atoms with Crippen molar-refractivity contribution in [3.8, 4) is 0 Å². The molecule has 1 aromatic rings. The summed E-state index contributed by atoms with van der Waals surface area (Å²) >= 11 is 0. The summed E-state index contributed by atoms with van der Waals surface area (Å²) in [6, 6.07) is 0. The molecule has 19 heavy (non-hydrogen) atoms. The average Bonchev–Trinajstić information content (AvgIpc) is 2.48. The van der Waals surface area contributed by atoms with Gasteiger partial charge in [-0.15, -0.1) is 0 Å². The molecule has 0 spiro atoms. The Kier molecular flexibility index (Phi) is 3.59. The van der Waals surface area contributed by atoms with E-state index in [1.807, 2.05) is 20.8 Å². The molecule has 1 amide bonds. The average molecular weight is 264 g/mol. The Hall–Kier alpha value is -1.85. The van der Waals surface area contributed by atoms with Crippen molar-refractivity contribution in [1.82, 2.24) is 14.9 Å². The van der Waals surface area contributed by atoms with E-state index < -0.39 is 5.60 Å². The molecule has 0 radical (unpaired) electrons. The van der Waals surface area contributed by atoms with E-state index in [0.29, 0.717) is 19.5 Å². The zero-order valence-corrected chi connectivity index (χ0v) is 11.6. The standard InChI is InChI=1S/C13H20N4O2/c1-13(2,3)19-12(18)17-6-4-9-8-15-11(14)16-10(9)5-7-17/h8H,4-7H2,1-3H3,(H2,14,15,16). The summed E-state index contributed by atoms with van der Waals surface area (Å²) in [5.74, 6) is 0.282. The lowest BCUT2D eigenvalue weighted by Crippen LogP contribution is -2.38. The quantitative estimate of drug-likeness (QED) is 0.766. The van der Waals surface area contributed by atoms with Gasteiger partial charge >= 0.3 is 6.09 Å². The molecule has 1 aromatic heterocycles. The van der Waals surface area contributed by atoms with Gasteiger partial charge in [-0.1, -0.05) is 0 Å². The second-order valence-electron chi connectivity index (χ2n) is 5.67. The molecule has 0 aromatic carbocycles. The van der Waals surface area contributed by atoms with Crippen LogP contribution in [-0.2, 0) is 17.6 Å². The van der Waals surface area contributed by atoms with Crippen molar-refractivity contribution in [3.63, 3.8) is 0 Å². The van der Waals surface area contributed by atoms with Crippen LogP contribution >= 0.6 is 0 Å². The molecule has 0 atom stereocenters. The molecule has 6 heteroatoms. The molecular formula is C13H20N4O2. The topological polar surface area (TPSA) is 81.3 Å². The van der Waals surface area contributed by atoms with Gasteiger partial charge in [0, 0.05) is 25.7 Å². The van der Waals surface area contributed by atoms with Crippen LogP contribution < -0.4 is 5.73 Å². The van der Waals surface area contributed by atoms with Gasteiger partial charge in [-0.05, 0) is 32.8 Å². The SMILES string of the molecule is CC(C)(C)OC(=O)N1CCc2cnc(N)nc2CC1. The fraction of sp³-hybridized carbons (Fsp3) is 0.615. The minimum Gasteiger partial charge on any atom is -0.444 e. The number of amides is 1. The molecule has 6 nitrogen and oxygen atoms in total. The fourth-order valence-corrected chi connectivity index (χ4v) is 2.00. The van der Waals surface area contributed by atoms with Crippen molar-refractivity contribution in [2.45, 2.75) is 39.2 Å². The molecule has 0 saturated heterocycles. The molecule has 0 unspecified atom stereocenters. The van der Waals surface area contributed by atoms with Crippen LogP contribution in [0, 0.1) is 0 Å². The minimum absolute atomic E-state index is 0.277. The molecule has 2 rings (SSSR count). The Balaban J connectivity index is 2.05. The normalized spacial score (nSPS) is 15.6. The number of nitrogens with zero attached hydrogens (tertiary/aromatic N) is 3. The first-order chi connectivity index (χ1) is 8.85. The molecule has 2 N–H and O–H groups in total. The molecule has 1 aliphatic heterocycles. The maximum absolute atomic E-state index is 12.0. The van der Waals surface area contributed by atoms with Gasteiger partial charge in [0.25, 0.3) is 0 Å². The summed E-state index contributed by atoms with van der Waals surface area (Å²) in [6.45, 7) is 6.81. The number of nitrogen functional groups attached to an aromatic ring is 1. The van der Waals surface area contributed by atoms with Crippen molar-refractivity contribution in [2.75, 3.05) is 18.8 Å². The predicted molar refractivity (Wildman–Crippen MR) is 71.7 cm³/mol. The molecule has 0 aliphatic carbocycles. The van der Waals surface area contributed by atoms with Crippen LogP contribution in [0.5, 0.6) is 0 Å². The van der Waals surface area contributed by atoms with Crippen molar-refractivity contribution in [1.29, 1.82) is 0 Å². The van der Waals surface area contributed by atoms with E-state index in [9.17, 15) is 4.79 Å². The number of carbonyl (C=O) groups is 1. The maximum Gasteiger partial charge on any atom is 0.410 e. The molecule has 0 saturated carbocycles. The van der Waals surface area contributed by atoms with Gasteiger partial charge in [-0.2, -0.15) is 0 Å². The Labute approximate surface area is 113 Å². The Morgan fingerprint density at radius 1 is 1.37 bits per heavy atom. The summed E-state index contributed by atoms with van der Waals surface area (Å²) in [5.41, 5.74) is 7.10. The van der Waals surface area contributed by atoms with Gasteiger partial charge in [0.1, 0.15) is 5.60 Å². The van der Waals surface area contributed by atoms with Gasteiger partial charge in [-0.25, -0.2) is 14.8 Å². The number of hydrogen-bond donors (Lipinski definition) is 1. The summed E-state index contributed by atoms with van der Waals surface area (Å²) in [6.07, 6.45) is 2.88.